The molecule has 0 bridgehead atoms. The standard InChI is InChI=1S/C15H12Cl2F2O/c1-8-4-3-5-10(14(8)16)15(17)13-11(18)6-9(20-2)7-12(13)19/h3-7,15H,1-2H3. The number of halogens is 4. The van der Waals surface area contributed by atoms with Crippen molar-refractivity contribution in [2.24, 2.45) is 0 Å². The van der Waals surface area contributed by atoms with E-state index in [1.807, 2.05) is 0 Å². The molecule has 2 aromatic carbocycles. The summed E-state index contributed by atoms with van der Waals surface area (Å²) in [6, 6.07) is 7.38. The Bertz CT molecular complexity index is 621. The molecule has 1 unspecified atom stereocenters. The van der Waals surface area contributed by atoms with Gasteiger partial charge in [0.1, 0.15) is 17.4 Å². The van der Waals surface area contributed by atoms with Gasteiger partial charge in [-0.05, 0) is 18.1 Å². The quantitative estimate of drug-likeness (QED) is 0.701. The van der Waals surface area contributed by atoms with E-state index < -0.39 is 17.0 Å². The summed E-state index contributed by atoms with van der Waals surface area (Å²) in [5.74, 6) is -1.43. The van der Waals surface area contributed by atoms with Gasteiger partial charge in [0.05, 0.1) is 12.5 Å². The number of ether oxygens (including phenoxy) is 1. The highest BCUT2D eigenvalue weighted by Crippen LogP contribution is 2.38. The molecule has 0 fully saturated rings. The molecule has 0 N–H and O–H groups in total. The Labute approximate surface area is 126 Å². The molecule has 0 aromatic heterocycles. The number of rotatable bonds is 3. The predicted octanol–water partition coefficient (Wildman–Crippen LogP) is 5.26. The molecule has 0 aliphatic carbocycles. The summed E-state index contributed by atoms with van der Waals surface area (Å²) in [5, 5.41) is -0.601. The van der Waals surface area contributed by atoms with E-state index in [-0.39, 0.29) is 11.3 Å². The van der Waals surface area contributed by atoms with Gasteiger partial charge in [-0.15, -0.1) is 11.6 Å². The fraction of sp³-hybridized carbons (Fsp3) is 0.200. The minimum atomic E-state index is -1.01. The summed E-state index contributed by atoms with van der Waals surface area (Å²) in [7, 11) is 1.34. The summed E-state index contributed by atoms with van der Waals surface area (Å²) in [4.78, 5) is 0. The first-order valence-electron chi connectivity index (χ1n) is 5.87. The third-order valence-electron chi connectivity index (χ3n) is 3.04. The maximum absolute atomic E-state index is 14.0. The summed E-state index contributed by atoms with van der Waals surface area (Å²) in [6.45, 7) is 1.80. The van der Waals surface area contributed by atoms with Crippen LogP contribution >= 0.6 is 23.2 Å². The van der Waals surface area contributed by atoms with Crippen molar-refractivity contribution in [3.05, 3.63) is 63.7 Å². The second-order valence-corrected chi connectivity index (χ2v) is 5.16. The highest BCUT2D eigenvalue weighted by Gasteiger charge is 2.23. The Morgan fingerprint density at radius 2 is 1.75 bits per heavy atom. The Balaban J connectivity index is 2.54. The number of hydrogen-bond donors (Lipinski definition) is 0. The maximum atomic E-state index is 14.0. The van der Waals surface area contributed by atoms with E-state index >= 15 is 0 Å². The SMILES string of the molecule is COc1cc(F)c(C(Cl)c2cccc(C)c2Cl)c(F)c1. The molecule has 0 aliphatic rings. The zero-order valence-electron chi connectivity index (χ0n) is 10.9. The van der Waals surface area contributed by atoms with Crippen LogP contribution in [0.25, 0.3) is 0 Å². The number of benzene rings is 2. The Hall–Kier alpha value is -1.32. The van der Waals surface area contributed by atoms with Crippen molar-refractivity contribution in [3.8, 4) is 5.75 Å². The van der Waals surface area contributed by atoms with Gasteiger partial charge in [-0.25, -0.2) is 8.78 Å². The van der Waals surface area contributed by atoms with E-state index in [0.717, 1.165) is 17.7 Å². The van der Waals surface area contributed by atoms with Gasteiger partial charge in [0.25, 0.3) is 0 Å². The average Bonchev–Trinajstić information content (AvgIpc) is 2.40. The lowest BCUT2D eigenvalue weighted by molar-refractivity contribution is 0.405. The highest BCUT2D eigenvalue weighted by molar-refractivity contribution is 6.33. The number of alkyl halides is 1. The molecule has 106 valence electrons. The molecule has 2 rings (SSSR count). The number of aryl methyl sites for hydroxylation is 1. The maximum Gasteiger partial charge on any atom is 0.134 e. The molecule has 0 radical (unpaired) electrons. The lowest BCUT2D eigenvalue weighted by Gasteiger charge is -2.16. The molecule has 0 amide bonds. The van der Waals surface area contributed by atoms with Crippen LogP contribution < -0.4 is 4.74 Å². The molecular weight excluding hydrogens is 305 g/mol. The van der Waals surface area contributed by atoms with Crippen LogP contribution in [0.2, 0.25) is 5.02 Å². The van der Waals surface area contributed by atoms with E-state index in [4.69, 9.17) is 27.9 Å². The van der Waals surface area contributed by atoms with Crippen LogP contribution in [-0.2, 0) is 0 Å². The van der Waals surface area contributed by atoms with Gasteiger partial charge in [0.2, 0.25) is 0 Å². The summed E-state index contributed by atoms with van der Waals surface area (Å²) in [6.07, 6.45) is 0. The van der Waals surface area contributed by atoms with E-state index in [9.17, 15) is 8.78 Å². The van der Waals surface area contributed by atoms with Crippen molar-refractivity contribution in [1.82, 2.24) is 0 Å². The van der Waals surface area contributed by atoms with E-state index in [2.05, 4.69) is 0 Å². The largest absolute Gasteiger partial charge is 0.497 e. The van der Waals surface area contributed by atoms with Crippen LogP contribution in [0.3, 0.4) is 0 Å². The second kappa shape index (κ2) is 5.98. The molecule has 5 heteroatoms. The summed E-state index contributed by atoms with van der Waals surface area (Å²) in [5.41, 5.74) is 1.03. The Kier molecular flexibility index (Phi) is 4.51. The molecular formula is C15H12Cl2F2O. The Morgan fingerprint density at radius 3 is 2.30 bits per heavy atom. The molecule has 1 atom stereocenters. The van der Waals surface area contributed by atoms with Crippen molar-refractivity contribution >= 4 is 23.2 Å². The van der Waals surface area contributed by atoms with Crippen LogP contribution in [0.15, 0.2) is 30.3 Å². The number of hydrogen-bond acceptors (Lipinski definition) is 1. The van der Waals surface area contributed by atoms with Crippen LogP contribution in [-0.4, -0.2) is 7.11 Å². The first-order valence-corrected chi connectivity index (χ1v) is 6.69. The van der Waals surface area contributed by atoms with Gasteiger partial charge in [-0.3, -0.25) is 0 Å². The molecule has 2 aromatic rings. The first-order chi connectivity index (χ1) is 9.45. The smallest absolute Gasteiger partial charge is 0.134 e. The van der Waals surface area contributed by atoms with Crippen LogP contribution in [0, 0.1) is 18.6 Å². The van der Waals surface area contributed by atoms with Crippen molar-refractivity contribution in [2.45, 2.75) is 12.3 Å². The first kappa shape index (κ1) is 15.1. The van der Waals surface area contributed by atoms with E-state index in [0.29, 0.717) is 10.6 Å². The van der Waals surface area contributed by atoms with Gasteiger partial charge in [-0.2, -0.15) is 0 Å². The molecule has 1 nitrogen and oxygen atoms in total. The predicted molar refractivity (Wildman–Crippen MR) is 76.8 cm³/mol. The van der Waals surface area contributed by atoms with Crippen molar-refractivity contribution < 1.29 is 13.5 Å². The highest BCUT2D eigenvalue weighted by atomic mass is 35.5. The Morgan fingerprint density at radius 1 is 1.15 bits per heavy atom. The zero-order chi connectivity index (χ0) is 14.9. The molecule has 0 spiro atoms. The monoisotopic (exact) mass is 316 g/mol. The van der Waals surface area contributed by atoms with E-state index in [1.165, 1.54) is 7.11 Å². The number of methoxy groups -OCH3 is 1. The van der Waals surface area contributed by atoms with Crippen LogP contribution in [0.1, 0.15) is 22.1 Å². The van der Waals surface area contributed by atoms with Gasteiger partial charge in [0.15, 0.2) is 0 Å². The normalized spacial score (nSPS) is 12.3. The fourth-order valence-corrected chi connectivity index (χ4v) is 2.62. The molecule has 0 saturated heterocycles. The fourth-order valence-electron chi connectivity index (χ4n) is 1.94. The summed E-state index contributed by atoms with van der Waals surface area (Å²) >= 11 is 12.4. The topological polar surface area (TPSA) is 9.23 Å². The van der Waals surface area contributed by atoms with Crippen molar-refractivity contribution in [1.29, 1.82) is 0 Å². The minimum absolute atomic E-state index is 0.1000. The lowest BCUT2D eigenvalue weighted by atomic mass is 10.0. The van der Waals surface area contributed by atoms with Crippen LogP contribution in [0.5, 0.6) is 5.75 Å². The third kappa shape index (κ3) is 2.74. The lowest BCUT2D eigenvalue weighted by Crippen LogP contribution is -2.03. The van der Waals surface area contributed by atoms with E-state index in [1.54, 1.807) is 25.1 Å². The van der Waals surface area contributed by atoms with Gasteiger partial charge < -0.3 is 4.74 Å². The van der Waals surface area contributed by atoms with Crippen molar-refractivity contribution in [2.75, 3.05) is 7.11 Å². The third-order valence-corrected chi connectivity index (χ3v) is 4.01. The summed E-state index contributed by atoms with van der Waals surface area (Å²) < 4.78 is 32.8. The minimum Gasteiger partial charge on any atom is -0.497 e. The van der Waals surface area contributed by atoms with Gasteiger partial charge in [-0.1, -0.05) is 29.8 Å². The average molecular weight is 317 g/mol. The molecule has 0 aliphatic heterocycles. The van der Waals surface area contributed by atoms with Gasteiger partial charge >= 0.3 is 0 Å². The molecule has 0 saturated carbocycles. The molecule has 0 heterocycles. The van der Waals surface area contributed by atoms with Crippen LogP contribution in [0.4, 0.5) is 8.78 Å². The van der Waals surface area contributed by atoms with Gasteiger partial charge in [0, 0.05) is 22.7 Å². The second-order valence-electron chi connectivity index (χ2n) is 4.35. The van der Waals surface area contributed by atoms with Crippen molar-refractivity contribution in [3.63, 3.8) is 0 Å². The molecule has 20 heavy (non-hydrogen) atoms. The zero-order valence-corrected chi connectivity index (χ0v) is 12.4.